The fraction of sp³-hybridized carbons (Fsp3) is 0.636. The van der Waals surface area contributed by atoms with E-state index >= 15 is 0 Å². The maximum Gasteiger partial charge on any atom is 0.227 e. The number of unbranched alkanes of at least 4 members (excludes halogenated alkanes) is 1. The molecule has 150 valence electrons. The van der Waals surface area contributed by atoms with Gasteiger partial charge in [-0.25, -0.2) is 0 Å². The Bertz CT molecular complexity index is 685. The molecule has 1 aliphatic rings. The van der Waals surface area contributed by atoms with Gasteiger partial charge in [0, 0.05) is 32.6 Å². The first-order valence-corrected chi connectivity index (χ1v) is 10.1. The first-order chi connectivity index (χ1) is 12.9. The highest BCUT2D eigenvalue weighted by Crippen LogP contribution is 2.29. The number of amides is 2. The Balaban J connectivity index is 2.02. The molecule has 0 atom stereocenters. The molecule has 0 aromatic heterocycles. The van der Waals surface area contributed by atoms with Gasteiger partial charge < -0.3 is 14.5 Å². The van der Waals surface area contributed by atoms with Crippen LogP contribution in [0, 0.1) is 20.8 Å². The van der Waals surface area contributed by atoms with Crippen molar-refractivity contribution in [2.24, 2.45) is 0 Å². The van der Waals surface area contributed by atoms with Gasteiger partial charge >= 0.3 is 0 Å². The van der Waals surface area contributed by atoms with Gasteiger partial charge in [-0.15, -0.1) is 0 Å². The van der Waals surface area contributed by atoms with Crippen molar-refractivity contribution in [2.75, 3.05) is 33.3 Å². The molecule has 1 aromatic rings. The second kappa shape index (κ2) is 9.77. The number of hydrogen-bond acceptors (Lipinski definition) is 3. The normalized spacial score (nSPS) is 14.9. The maximum atomic E-state index is 12.9. The highest BCUT2D eigenvalue weighted by atomic mass is 16.5. The van der Waals surface area contributed by atoms with Gasteiger partial charge in [0.15, 0.2) is 0 Å². The third-order valence-electron chi connectivity index (χ3n) is 5.62. The predicted octanol–water partition coefficient (Wildman–Crippen LogP) is 3.41. The van der Waals surface area contributed by atoms with E-state index in [2.05, 4.69) is 19.9 Å². The van der Waals surface area contributed by atoms with Gasteiger partial charge in [-0.3, -0.25) is 9.59 Å². The third kappa shape index (κ3) is 5.24. The zero-order chi connectivity index (χ0) is 20.0. The van der Waals surface area contributed by atoms with E-state index in [9.17, 15) is 9.59 Å². The Labute approximate surface area is 163 Å². The standard InChI is InChI=1S/C22H34N2O3/c1-6-7-9-20(25)23-10-8-11-24(13-12-23)21(26)15-19-14-16(2)22(27-5)18(4)17(19)3/h14H,6-13,15H2,1-5H3. The molecule has 5 heteroatoms. The fourth-order valence-corrected chi connectivity index (χ4v) is 3.82. The van der Waals surface area contributed by atoms with Gasteiger partial charge in [-0.05, 0) is 55.9 Å². The summed E-state index contributed by atoms with van der Waals surface area (Å²) < 4.78 is 5.48. The Morgan fingerprint density at radius 1 is 1.00 bits per heavy atom. The minimum absolute atomic E-state index is 0.143. The summed E-state index contributed by atoms with van der Waals surface area (Å²) in [5.41, 5.74) is 4.35. The molecule has 0 N–H and O–H groups in total. The van der Waals surface area contributed by atoms with E-state index in [4.69, 9.17) is 4.74 Å². The highest BCUT2D eigenvalue weighted by Gasteiger charge is 2.23. The van der Waals surface area contributed by atoms with E-state index in [-0.39, 0.29) is 11.8 Å². The number of nitrogens with zero attached hydrogens (tertiary/aromatic N) is 2. The van der Waals surface area contributed by atoms with Crippen LogP contribution in [0.5, 0.6) is 5.75 Å². The van der Waals surface area contributed by atoms with Gasteiger partial charge in [0.05, 0.1) is 13.5 Å². The van der Waals surface area contributed by atoms with E-state index in [1.165, 1.54) is 0 Å². The smallest absolute Gasteiger partial charge is 0.227 e. The van der Waals surface area contributed by atoms with Crippen LogP contribution in [0.4, 0.5) is 0 Å². The van der Waals surface area contributed by atoms with E-state index in [0.717, 1.165) is 60.4 Å². The quantitative estimate of drug-likeness (QED) is 0.767. The largest absolute Gasteiger partial charge is 0.496 e. The Morgan fingerprint density at radius 2 is 1.63 bits per heavy atom. The van der Waals surface area contributed by atoms with Crippen molar-refractivity contribution in [3.63, 3.8) is 0 Å². The molecule has 2 rings (SSSR count). The lowest BCUT2D eigenvalue weighted by atomic mass is 9.96. The van der Waals surface area contributed by atoms with Gasteiger partial charge in [0.1, 0.15) is 5.75 Å². The number of carbonyl (C=O) groups is 2. The lowest BCUT2D eigenvalue weighted by molar-refractivity contribution is -0.133. The molecule has 0 aliphatic carbocycles. The number of aryl methyl sites for hydroxylation is 1. The number of methoxy groups -OCH3 is 1. The summed E-state index contributed by atoms with van der Waals surface area (Å²) in [6.45, 7) is 11.0. The first kappa shape index (κ1) is 21.3. The number of ether oxygens (including phenoxy) is 1. The molecule has 0 saturated carbocycles. The van der Waals surface area contributed by atoms with Crippen molar-refractivity contribution < 1.29 is 14.3 Å². The Hall–Kier alpha value is -2.04. The second-order valence-corrected chi connectivity index (χ2v) is 7.53. The summed E-state index contributed by atoms with van der Waals surface area (Å²) in [5, 5.41) is 0. The lowest BCUT2D eigenvalue weighted by Gasteiger charge is -2.23. The molecule has 5 nitrogen and oxygen atoms in total. The van der Waals surface area contributed by atoms with Crippen LogP contribution in [0.25, 0.3) is 0 Å². The van der Waals surface area contributed by atoms with Crippen molar-refractivity contribution in [1.29, 1.82) is 0 Å². The third-order valence-corrected chi connectivity index (χ3v) is 5.62. The van der Waals surface area contributed by atoms with E-state index in [1.54, 1.807) is 7.11 Å². The molecule has 0 unspecified atom stereocenters. The van der Waals surface area contributed by atoms with E-state index in [0.29, 0.717) is 25.9 Å². The molecule has 1 aromatic carbocycles. The van der Waals surface area contributed by atoms with Crippen LogP contribution in [0.15, 0.2) is 6.07 Å². The number of hydrogen-bond donors (Lipinski definition) is 0. The van der Waals surface area contributed by atoms with Crippen molar-refractivity contribution in [1.82, 2.24) is 9.80 Å². The van der Waals surface area contributed by atoms with Gasteiger partial charge in [0.2, 0.25) is 11.8 Å². The number of carbonyl (C=O) groups excluding carboxylic acids is 2. The van der Waals surface area contributed by atoms with Crippen LogP contribution in [-0.2, 0) is 16.0 Å². The molecule has 1 fully saturated rings. The zero-order valence-electron chi connectivity index (χ0n) is 17.6. The van der Waals surface area contributed by atoms with Crippen LogP contribution in [0.2, 0.25) is 0 Å². The van der Waals surface area contributed by atoms with Crippen LogP contribution in [0.3, 0.4) is 0 Å². The second-order valence-electron chi connectivity index (χ2n) is 7.53. The average Bonchev–Trinajstić information content (AvgIpc) is 2.90. The van der Waals surface area contributed by atoms with Gasteiger partial charge in [-0.1, -0.05) is 19.4 Å². The predicted molar refractivity (Wildman–Crippen MR) is 108 cm³/mol. The van der Waals surface area contributed by atoms with Gasteiger partial charge in [-0.2, -0.15) is 0 Å². The van der Waals surface area contributed by atoms with Crippen LogP contribution in [-0.4, -0.2) is 54.9 Å². The van der Waals surface area contributed by atoms with Crippen LogP contribution in [0.1, 0.15) is 54.9 Å². The van der Waals surface area contributed by atoms with Crippen molar-refractivity contribution in [3.8, 4) is 5.75 Å². The minimum atomic E-state index is 0.143. The molecule has 1 saturated heterocycles. The summed E-state index contributed by atoms with van der Waals surface area (Å²) in [7, 11) is 1.68. The van der Waals surface area contributed by atoms with Crippen LogP contribution >= 0.6 is 0 Å². The maximum absolute atomic E-state index is 12.9. The molecule has 27 heavy (non-hydrogen) atoms. The van der Waals surface area contributed by atoms with Crippen LogP contribution < -0.4 is 4.74 Å². The summed E-state index contributed by atoms with van der Waals surface area (Å²) in [6.07, 6.45) is 3.84. The van der Waals surface area contributed by atoms with Crippen molar-refractivity contribution >= 4 is 11.8 Å². The summed E-state index contributed by atoms with van der Waals surface area (Å²) in [6, 6.07) is 2.07. The molecule has 2 amide bonds. The first-order valence-electron chi connectivity index (χ1n) is 10.1. The average molecular weight is 375 g/mol. The fourth-order valence-electron chi connectivity index (χ4n) is 3.82. The monoisotopic (exact) mass is 374 g/mol. The molecule has 1 aliphatic heterocycles. The molecule has 1 heterocycles. The summed E-state index contributed by atoms with van der Waals surface area (Å²) in [4.78, 5) is 29.0. The molecular formula is C22H34N2O3. The topological polar surface area (TPSA) is 49.9 Å². The van der Waals surface area contributed by atoms with Crippen molar-refractivity contribution in [3.05, 3.63) is 28.3 Å². The van der Waals surface area contributed by atoms with E-state index < -0.39 is 0 Å². The zero-order valence-corrected chi connectivity index (χ0v) is 17.6. The Kier molecular flexibility index (Phi) is 7.69. The number of rotatable bonds is 6. The summed E-state index contributed by atoms with van der Waals surface area (Å²) in [5.74, 6) is 1.27. The molecule has 0 bridgehead atoms. The minimum Gasteiger partial charge on any atom is -0.496 e. The van der Waals surface area contributed by atoms with E-state index in [1.807, 2.05) is 23.6 Å². The molecule has 0 radical (unpaired) electrons. The molecule has 0 spiro atoms. The Morgan fingerprint density at radius 3 is 2.22 bits per heavy atom. The van der Waals surface area contributed by atoms with Gasteiger partial charge in [0.25, 0.3) is 0 Å². The van der Waals surface area contributed by atoms with Crippen molar-refractivity contribution in [2.45, 2.75) is 59.8 Å². The summed E-state index contributed by atoms with van der Waals surface area (Å²) >= 11 is 0. The molecular weight excluding hydrogens is 340 g/mol. The SMILES string of the molecule is CCCCC(=O)N1CCCN(C(=O)Cc2cc(C)c(OC)c(C)c2C)CC1. The number of benzene rings is 1. The lowest BCUT2D eigenvalue weighted by Crippen LogP contribution is -2.38. The highest BCUT2D eigenvalue weighted by molar-refractivity contribution is 5.80.